The minimum Gasteiger partial charge on any atom is -0.487 e. The number of ether oxygens (including phenoxy) is 1. The molecule has 0 aliphatic heterocycles. The second kappa shape index (κ2) is 7.81. The number of nitrogens with zero attached hydrogens (tertiary/aromatic N) is 1. The number of aromatic nitrogens is 1. The molecule has 1 aromatic carbocycles. The van der Waals surface area contributed by atoms with E-state index in [2.05, 4.69) is 56.4 Å². The largest absolute Gasteiger partial charge is 0.487 e. The third-order valence-corrected chi connectivity index (χ3v) is 4.86. The summed E-state index contributed by atoms with van der Waals surface area (Å²) >= 11 is 0. The molecule has 0 spiro atoms. The van der Waals surface area contributed by atoms with Crippen LogP contribution in [0.25, 0.3) is 11.6 Å². The van der Waals surface area contributed by atoms with Gasteiger partial charge in [-0.3, -0.25) is 0 Å². The molecule has 3 heteroatoms. The maximum Gasteiger partial charge on any atom is 0.130 e. The highest BCUT2D eigenvalue weighted by Crippen LogP contribution is 2.30. The van der Waals surface area contributed by atoms with Gasteiger partial charge in [0.05, 0.1) is 11.4 Å². The number of rotatable bonds is 4. The zero-order valence-electron chi connectivity index (χ0n) is 16.1. The summed E-state index contributed by atoms with van der Waals surface area (Å²) in [6, 6.07) is 10.2. The molecular weight excluding hydrogens is 349 g/mol. The van der Waals surface area contributed by atoms with Gasteiger partial charge in [-0.1, -0.05) is 24.3 Å². The summed E-state index contributed by atoms with van der Waals surface area (Å²) in [5, 5.41) is 0. The van der Waals surface area contributed by atoms with Gasteiger partial charge < -0.3 is 4.74 Å². The zero-order valence-corrected chi connectivity index (χ0v) is 16.1. The molecule has 2 aromatic rings. The van der Waals surface area contributed by atoms with E-state index in [4.69, 9.17) is 9.72 Å². The molecule has 0 N–H and O–H groups in total. The molecule has 0 radical (unpaired) electrons. The van der Waals surface area contributed by atoms with Gasteiger partial charge in [-0.25, -0.2) is 9.37 Å². The number of hydrogen-bond donors (Lipinski definition) is 0. The van der Waals surface area contributed by atoms with Crippen molar-refractivity contribution in [3.05, 3.63) is 106 Å². The average molecular weight is 371 g/mol. The summed E-state index contributed by atoms with van der Waals surface area (Å²) in [6.45, 7) is 4.57. The monoisotopic (exact) mass is 371 g/mol. The summed E-state index contributed by atoms with van der Waals surface area (Å²) in [4.78, 5) is 4.75. The first-order valence-electron chi connectivity index (χ1n) is 9.42. The average Bonchev–Trinajstić information content (AvgIpc) is 2.96. The summed E-state index contributed by atoms with van der Waals surface area (Å²) in [7, 11) is 0. The van der Waals surface area contributed by atoms with Gasteiger partial charge in [0, 0.05) is 0 Å². The van der Waals surface area contributed by atoms with Gasteiger partial charge in [-0.2, -0.15) is 0 Å². The Labute approximate surface area is 165 Å². The molecule has 1 aromatic heterocycles. The third-order valence-electron chi connectivity index (χ3n) is 4.86. The van der Waals surface area contributed by atoms with E-state index in [0.29, 0.717) is 12.4 Å². The van der Waals surface area contributed by atoms with Crippen LogP contribution in [0.2, 0.25) is 0 Å². The fraction of sp³-hybridized carbons (Fsp3) is 0.160. The van der Waals surface area contributed by atoms with Gasteiger partial charge in [0.1, 0.15) is 18.2 Å². The second-order valence-corrected chi connectivity index (χ2v) is 7.08. The number of pyridine rings is 1. The van der Waals surface area contributed by atoms with E-state index >= 15 is 0 Å². The van der Waals surface area contributed by atoms with E-state index in [1.165, 1.54) is 28.9 Å². The van der Waals surface area contributed by atoms with Crippen LogP contribution in [-0.4, -0.2) is 4.98 Å². The Balaban J connectivity index is 1.64. The smallest absolute Gasteiger partial charge is 0.130 e. The molecule has 140 valence electrons. The van der Waals surface area contributed by atoms with Crippen molar-refractivity contribution < 1.29 is 9.13 Å². The molecule has 4 rings (SSSR count). The van der Waals surface area contributed by atoms with Crippen LogP contribution in [0.5, 0.6) is 5.75 Å². The molecule has 0 saturated carbocycles. The number of hydrogen-bond acceptors (Lipinski definition) is 2. The third kappa shape index (κ3) is 4.04. The van der Waals surface area contributed by atoms with E-state index in [1.54, 1.807) is 12.1 Å². The molecule has 0 atom stereocenters. The Morgan fingerprint density at radius 3 is 2.61 bits per heavy atom. The maximum atomic E-state index is 13.0. The quantitative estimate of drug-likeness (QED) is 0.617. The van der Waals surface area contributed by atoms with Crippen molar-refractivity contribution in [2.75, 3.05) is 0 Å². The van der Waals surface area contributed by atoms with Crippen LogP contribution < -0.4 is 4.74 Å². The Kier molecular flexibility index (Phi) is 5.07. The van der Waals surface area contributed by atoms with Crippen molar-refractivity contribution in [3.8, 4) is 5.75 Å². The highest BCUT2D eigenvalue weighted by Gasteiger charge is 2.13. The predicted octanol–water partition coefficient (Wildman–Crippen LogP) is 6.43. The molecule has 2 aliphatic carbocycles. The molecule has 0 unspecified atom stereocenters. The van der Waals surface area contributed by atoms with Crippen molar-refractivity contribution >= 4 is 11.6 Å². The van der Waals surface area contributed by atoms with Gasteiger partial charge in [0.15, 0.2) is 0 Å². The molecule has 0 fully saturated rings. The molecular formula is C25H22FNO. The lowest BCUT2D eigenvalue weighted by Crippen LogP contribution is -2.01. The molecule has 2 bridgehead atoms. The lowest BCUT2D eigenvalue weighted by molar-refractivity contribution is 0.301. The molecule has 1 heterocycles. The molecule has 2 aliphatic rings. The molecule has 0 saturated heterocycles. The van der Waals surface area contributed by atoms with Crippen LogP contribution in [0.3, 0.4) is 0 Å². The van der Waals surface area contributed by atoms with Crippen LogP contribution in [0.1, 0.15) is 37.2 Å². The van der Waals surface area contributed by atoms with E-state index in [1.807, 2.05) is 6.07 Å². The van der Waals surface area contributed by atoms with E-state index < -0.39 is 0 Å². The Morgan fingerprint density at radius 1 is 1.00 bits per heavy atom. The van der Waals surface area contributed by atoms with E-state index in [-0.39, 0.29) is 5.82 Å². The summed E-state index contributed by atoms with van der Waals surface area (Å²) in [6.07, 6.45) is 14.1. The van der Waals surface area contributed by atoms with Crippen molar-refractivity contribution in [2.45, 2.75) is 26.9 Å². The minimum absolute atomic E-state index is 0.272. The first-order chi connectivity index (χ1) is 13.6. The van der Waals surface area contributed by atoms with Crippen LogP contribution in [0, 0.1) is 5.82 Å². The standard InChI is InChI=1S/C25H22FNO/c1-17-6-4-3-5-7-24(17)20-12-18(2)25-15-19(13-20)14-22(27-25)16-28-23-10-8-21(26)9-11-23/h4-15H,3,16H2,1-2H3. The van der Waals surface area contributed by atoms with Crippen molar-refractivity contribution in [1.82, 2.24) is 4.98 Å². The number of halogens is 1. The first-order valence-corrected chi connectivity index (χ1v) is 9.42. The van der Waals surface area contributed by atoms with Crippen molar-refractivity contribution in [3.63, 3.8) is 0 Å². The molecule has 28 heavy (non-hydrogen) atoms. The Morgan fingerprint density at radius 2 is 1.79 bits per heavy atom. The normalized spacial score (nSPS) is 15.7. The minimum atomic E-state index is -0.272. The fourth-order valence-electron chi connectivity index (χ4n) is 3.40. The lowest BCUT2D eigenvalue weighted by Gasteiger charge is -2.08. The Bertz CT molecular complexity index is 1050. The molecule has 2 nitrogen and oxygen atoms in total. The highest BCUT2D eigenvalue weighted by molar-refractivity contribution is 5.78. The predicted molar refractivity (Wildman–Crippen MR) is 112 cm³/mol. The van der Waals surface area contributed by atoms with Gasteiger partial charge in [0.2, 0.25) is 0 Å². The number of benzene rings is 1. The number of allylic oxidation sites excluding steroid dienone is 9. The summed E-state index contributed by atoms with van der Waals surface area (Å²) in [5.41, 5.74) is 7.71. The first kappa shape index (κ1) is 18.2. The van der Waals surface area contributed by atoms with Crippen LogP contribution in [0.15, 0.2) is 83.5 Å². The van der Waals surface area contributed by atoms with Gasteiger partial charge in [0.25, 0.3) is 0 Å². The van der Waals surface area contributed by atoms with Crippen molar-refractivity contribution in [2.24, 2.45) is 0 Å². The highest BCUT2D eigenvalue weighted by atomic mass is 19.1. The van der Waals surface area contributed by atoms with E-state index in [9.17, 15) is 4.39 Å². The van der Waals surface area contributed by atoms with E-state index in [0.717, 1.165) is 28.9 Å². The molecule has 0 amide bonds. The fourth-order valence-corrected chi connectivity index (χ4v) is 3.40. The second-order valence-electron chi connectivity index (χ2n) is 7.08. The van der Waals surface area contributed by atoms with Gasteiger partial charge in [-0.05, 0) is 96.7 Å². The van der Waals surface area contributed by atoms with Crippen LogP contribution >= 0.6 is 0 Å². The number of fused-ring (bicyclic) bond motifs is 2. The van der Waals surface area contributed by atoms with Crippen LogP contribution in [0.4, 0.5) is 4.39 Å². The topological polar surface area (TPSA) is 22.1 Å². The van der Waals surface area contributed by atoms with Crippen molar-refractivity contribution in [1.29, 1.82) is 0 Å². The summed E-state index contributed by atoms with van der Waals surface area (Å²) in [5.74, 6) is 0.357. The Hall–Kier alpha value is -3.20. The van der Waals surface area contributed by atoms with Crippen LogP contribution in [-0.2, 0) is 6.61 Å². The maximum absolute atomic E-state index is 13.0. The SMILES string of the molecule is CC1=CC(C2=C(C)C=CCC=C2)=Cc2cc(COc3ccc(F)cc3)nc1c2. The van der Waals surface area contributed by atoms with Gasteiger partial charge >= 0.3 is 0 Å². The zero-order chi connectivity index (χ0) is 19.5. The summed E-state index contributed by atoms with van der Waals surface area (Å²) < 4.78 is 18.8. The lowest BCUT2D eigenvalue weighted by atomic mass is 9.98. The van der Waals surface area contributed by atoms with Gasteiger partial charge in [-0.15, -0.1) is 0 Å².